The maximum Gasteiger partial charge on any atom is 0.308 e. The summed E-state index contributed by atoms with van der Waals surface area (Å²) >= 11 is 3.42. The minimum atomic E-state index is -0.694. The van der Waals surface area contributed by atoms with E-state index >= 15 is 0 Å². The molecule has 2 N–H and O–H groups in total. The summed E-state index contributed by atoms with van der Waals surface area (Å²) in [5.41, 5.74) is 1.22. The number of nitrogens with one attached hydrogen (secondary N) is 1. The molecule has 1 atom stereocenters. The minimum absolute atomic E-state index is 0.0282. The molecule has 100 valence electrons. The third-order valence-corrected chi connectivity index (χ3v) is 2.98. The number of methoxy groups -OCH3 is 1. The summed E-state index contributed by atoms with van der Waals surface area (Å²) in [4.78, 5) is 10.9. The number of hydrogen-bond donors (Lipinski definition) is 2. The monoisotopic (exact) mass is 315 g/mol. The molecule has 0 heterocycles. The van der Waals surface area contributed by atoms with Gasteiger partial charge in [0, 0.05) is 11.0 Å². The second-order valence-corrected chi connectivity index (χ2v) is 4.93. The lowest BCUT2D eigenvalue weighted by Gasteiger charge is -2.10. The van der Waals surface area contributed by atoms with Crippen molar-refractivity contribution in [1.29, 1.82) is 0 Å². The molecular formula is C13H18BrNO3. The Labute approximate surface area is 115 Å². The van der Waals surface area contributed by atoms with Gasteiger partial charge in [0.15, 0.2) is 0 Å². The molecule has 0 saturated heterocycles. The van der Waals surface area contributed by atoms with E-state index in [0.717, 1.165) is 17.4 Å². The van der Waals surface area contributed by atoms with Gasteiger partial charge in [-0.1, -0.05) is 28.1 Å². The highest BCUT2D eigenvalue weighted by molar-refractivity contribution is 9.10. The van der Waals surface area contributed by atoms with Crippen LogP contribution in [-0.2, 0) is 16.0 Å². The van der Waals surface area contributed by atoms with Crippen LogP contribution >= 0.6 is 15.9 Å². The molecule has 1 unspecified atom stereocenters. The quantitative estimate of drug-likeness (QED) is 0.591. The lowest BCUT2D eigenvalue weighted by molar-refractivity contribution is -0.142. The van der Waals surface area contributed by atoms with Crippen LogP contribution in [-0.4, -0.2) is 37.4 Å². The standard InChI is InChI=1S/C13H18BrNO3/c1-18-13(17)8-12(16)9-15-6-5-10-3-2-4-11(14)7-10/h2-4,7,12,15-16H,5-6,8-9H2,1H3. The molecule has 0 radical (unpaired) electrons. The molecule has 1 aromatic rings. The highest BCUT2D eigenvalue weighted by Gasteiger charge is 2.09. The Balaban J connectivity index is 2.17. The minimum Gasteiger partial charge on any atom is -0.469 e. The van der Waals surface area contributed by atoms with Crippen LogP contribution in [0.15, 0.2) is 28.7 Å². The van der Waals surface area contributed by atoms with Gasteiger partial charge in [-0.15, -0.1) is 0 Å². The van der Waals surface area contributed by atoms with Gasteiger partial charge in [-0.25, -0.2) is 0 Å². The van der Waals surface area contributed by atoms with E-state index in [4.69, 9.17) is 0 Å². The van der Waals surface area contributed by atoms with Gasteiger partial charge in [-0.3, -0.25) is 4.79 Å². The predicted octanol–water partition coefficient (Wildman–Crippen LogP) is 1.51. The summed E-state index contributed by atoms with van der Waals surface area (Å²) in [5, 5.41) is 12.6. The largest absolute Gasteiger partial charge is 0.469 e. The van der Waals surface area contributed by atoms with Gasteiger partial charge >= 0.3 is 5.97 Å². The first-order chi connectivity index (χ1) is 8.61. The molecule has 0 amide bonds. The molecular weight excluding hydrogens is 298 g/mol. The summed E-state index contributed by atoms with van der Waals surface area (Å²) in [6.45, 7) is 1.15. The second kappa shape index (κ2) is 8.24. The van der Waals surface area contributed by atoms with Crippen LogP contribution < -0.4 is 5.32 Å². The van der Waals surface area contributed by atoms with E-state index in [1.165, 1.54) is 12.7 Å². The van der Waals surface area contributed by atoms with Crippen LogP contribution in [0.2, 0.25) is 0 Å². The van der Waals surface area contributed by atoms with Gasteiger partial charge in [0.25, 0.3) is 0 Å². The van der Waals surface area contributed by atoms with Gasteiger partial charge in [-0.05, 0) is 30.7 Å². The highest BCUT2D eigenvalue weighted by atomic mass is 79.9. The van der Waals surface area contributed by atoms with E-state index in [0.29, 0.717) is 6.54 Å². The first kappa shape index (κ1) is 15.1. The van der Waals surface area contributed by atoms with Gasteiger partial charge in [0.05, 0.1) is 19.6 Å². The van der Waals surface area contributed by atoms with E-state index in [1.54, 1.807) is 0 Å². The normalized spacial score (nSPS) is 12.2. The van der Waals surface area contributed by atoms with Crippen molar-refractivity contribution in [1.82, 2.24) is 5.32 Å². The summed E-state index contributed by atoms with van der Waals surface area (Å²) < 4.78 is 5.54. The number of esters is 1. The molecule has 0 bridgehead atoms. The number of benzene rings is 1. The number of ether oxygens (including phenoxy) is 1. The average molecular weight is 316 g/mol. The Morgan fingerprint density at radius 2 is 2.33 bits per heavy atom. The molecule has 1 aromatic carbocycles. The van der Waals surface area contributed by atoms with E-state index in [1.807, 2.05) is 12.1 Å². The molecule has 0 aromatic heterocycles. The van der Waals surface area contributed by atoms with Crippen molar-refractivity contribution in [3.8, 4) is 0 Å². The zero-order valence-electron chi connectivity index (χ0n) is 10.4. The van der Waals surface area contributed by atoms with Crippen molar-refractivity contribution in [3.63, 3.8) is 0 Å². The van der Waals surface area contributed by atoms with Crippen LogP contribution in [0.3, 0.4) is 0 Å². The summed E-state index contributed by atoms with van der Waals surface area (Å²) in [5.74, 6) is -0.392. The van der Waals surface area contributed by atoms with Gasteiger partial charge in [0.1, 0.15) is 0 Å². The second-order valence-electron chi connectivity index (χ2n) is 4.02. The number of aliphatic hydroxyl groups is 1. The lowest BCUT2D eigenvalue weighted by atomic mass is 10.1. The number of carbonyl (C=O) groups excluding carboxylic acids is 1. The van der Waals surface area contributed by atoms with Crippen LogP contribution in [0.4, 0.5) is 0 Å². The van der Waals surface area contributed by atoms with Crippen molar-refractivity contribution >= 4 is 21.9 Å². The van der Waals surface area contributed by atoms with E-state index < -0.39 is 12.1 Å². The van der Waals surface area contributed by atoms with Crippen molar-refractivity contribution in [2.24, 2.45) is 0 Å². The topological polar surface area (TPSA) is 58.6 Å². The highest BCUT2D eigenvalue weighted by Crippen LogP contribution is 2.11. The summed E-state index contributed by atoms with van der Waals surface area (Å²) in [6.07, 6.45) is 0.213. The Hall–Kier alpha value is -0.910. The fraction of sp³-hybridized carbons (Fsp3) is 0.462. The van der Waals surface area contributed by atoms with Gasteiger partial charge in [0.2, 0.25) is 0 Å². The Kier molecular flexibility index (Phi) is 6.93. The smallest absolute Gasteiger partial charge is 0.308 e. The zero-order chi connectivity index (χ0) is 13.4. The van der Waals surface area contributed by atoms with Crippen LogP contribution in [0, 0.1) is 0 Å². The Bertz CT molecular complexity index is 384. The molecule has 18 heavy (non-hydrogen) atoms. The number of carbonyl (C=O) groups is 1. The molecule has 1 rings (SSSR count). The molecule has 0 saturated carbocycles. The molecule has 0 aliphatic rings. The summed E-state index contributed by atoms with van der Waals surface area (Å²) in [7, 11) is 1.32. The molecule has 0 fully saturated rings. The van der Waals surface area contributed by atoms with Crippen molar-refractivity contribution in [2.45, 2.75) is 18.9 Å². The maximum atomic E-state index is 10.9. The fourth-order valence-electron chi connectivity index (χ4n) is 1.54. The lowest BCUT2D eigenvalue weighted by Crippen LogP contribution is -2.30. The molecule has 0 aliphatic carbocycles. The van der Waals surface area contributed by atoms with Crippen molar-refractivity contribution < 1.29 is 14.6 Å². The van der Waals surface area contributed by atoms with Gasteiger partial charge in [-0.2, -0.15) is 0 Å². The Morgan fingerprint density at radius 1 is 1.56 bits per heavy atom. The Morgan fingerprint density at radius 3 is 3.00 bits per heavy atom. The zero-order valence-corrected chi connectivity index (χ0v) is 11.9. The van der Waals surface area contributed by atoms with E-state index in [-0.39, 0.29) is 6.42 Å². The number of hydrogen-bond acceptors (Lipinski definition) is 4. The first-order valence-corrected chi connectivity index (χ1v) is 6.61. The van der Waals surface area contributed by atoms with Crippen molar-refractivity contribution in [2.75, 3.05) is 20.2 Å². The number of halogens is 1. The van der Waals surface area contributed by atoms with E-state index in [2.05, 4.69) is 38.1 Å². The fourth-order valence-corrected chi connectivity index (χ4v) is 1.99. The van der Waals surface area contributed by atoms with Crippen molar-refractivity contribution in [3.05, 3.63) is 34.3 Å². The SMILES string of the molecule is COC(=O)CC(O)CNCCc1cccc(Br)c1. The molecule has 0 aliphatic heterocycles. The molecule has 0 spiro atoms. The van der Waals surface area contributed by atoms with Crippen LogP contribution in [0.1, 0.15) is 12.0 Å². The number of aliphatic hydroxyl groups excluding tert-OH is 1. The molecule has 5 heteroatoms. The summed E-state index contributed by atoms with van der Waals surface area (Å²) in [6, 6.07) is 8.09. The maximum absolute atomic E-state index is 10.9. The first-order valence-electron chi connectivity index (χ1n) is 5.82. The van der Waals surface area contributed by atoms with Crippen LogP contribution in [0.25, 0.3) is 0 Å². The third-order valence-electron chi connectivity index (χ3n) is 2.49. The van der Waals surface area contributed by atoms with E-state index in [9.17, 15) is 9.90 Å². The van der Waals surface area contributed by atoms with Gasteiger partial charge < -0.3 is 15.2 Å². The third kappa shape index (κ3) is 6.14. The van der Waals surface area contributed by atoms with Crippen LogP contribution in [0.5, 0.6) is 0 Å². The predicted molar refractivity (Wildman–Crippen MR) is 73.4 cm³/mol. The average Bonchev–Trinajstić information content (AvgIpc) is 2.34. The molecule has 4 nitrogen and oxygen atoms in total. The number of rotatable bonds is 7.